The zero-order chi connectivity index (χ0) is 19.0. The molecule has 0 aromatic heterocycles. The van der Waals surface area contributed by atoms with E-state index in [4.69, 9.17) is 15.9 Å². The van der Waals surface area contributed by atoms with Gasteiger partial charge in [0.25, 0.3) is 11.8 Å². The number of benzene rings is 1. The predicted molar refractivity (Wildman–Crippen MR) is 99.1 cm³/mol. The van der Waals surface area contributed by atoms with E-state index >= 15 is 0 Å². The van der Waals surface area contributed by atoms with Crippen LogP contribution in [0.3, 0.4) is 0 Å². The van der Waals surface area contributed by atoms with E-state index in [0.717, 1.165) is 11.4 Å². The Kier molecular flexibility index (Phi) is 4.44. The number of hydrogen-bond acceptors (Lipinski definition) is 5. The fourth-order valence-corrected chi connectivity index (χ4v) is 4.24. The summed E-state index contributed by atoms with van der Waals surface area (Å²) in [5, 5.41) is 5.21. The van der Waals surface area contributed by atoms with Gasteiger partial charge < -0.3 is 9.47 Å². The number of nitrogens with zero attached hydrogens (tertiary/aromatic N) is 2. The second-order valence-corrected chi connectivity index (χ2v) is 6.86. The monoisotopic (exact) mass is 364 g/mol. The Morgan fingerprint density at radius 3 is 2.52 bits per heavy atom. The number of allylic oxidation sites excluding steroid dienone is 2. The fraction of sp³-hybridized carbons (Fsp3) is 0.381. The van der Waals surface area contributed by atoms with Gasteiger partial charge in [0.1, 0.15) is 6.61 Å². The quantitative estimate of drug-likeness (QED) is 0.336. The normalized spacial score (nSPS) is 28.1. The van der Waals surface area contributed by atoms with Crippen molar-refractivity contribution in [2.75, 3.05) is 13.2 Å². The number of hydrazone groups is 1. The summed E-state index contributed by atoms with van der Waals surface area (Å²) >= 11 is 0. The van der Waals surface area contributed by atoms with Gasteiger partial charge in [0.2, 0.25) is 0 Å². The highest BCUT2D eigenvalue weighted by Gasteiger charge is 2.59. The number of ether oxygens (including phenoxy) is 2. The number of amides is 2. The molecule has 4 atom stereocenters. The van der Waals surface area contributed by atoms with Crippen LogP contribution in [0.4, 0.5) is 0 Å². The lowest BCUT2D eigenvalue weighted by Crippen LogP contribution is -2.28. The van der Waals surface area contributed by atoms with Gasteiger partial charge in [-0.05, 0) is 48.9 Å². The summed E-state index contributed by atoms with van der Waals surface area (Å²) in [6.07, 6.45) is 11.8. The number of fused-ring (bicyclic) bond motifs is 5. The fourth-order valence-electron chi connectivity index (χ4n) is 4.24. The van der Waals surface area contributed by atoms with Crippen LogP contribution < -0.4 is 9.47 Å². The Morgan fingerprint density at radius 2 is 1.89 bits per heavy atom. The average molecular weight is 364 g/mol. The molecule has 1 aromatic rings. The third kappa shape index (κ3) is 2.89. The first-order valence-electron chi connectivity index (χ1n) is 9.07. The van der Waals surface area contributed by atoms with Gasteiger partial charge in [0.15, 0.2) is 11.5 Å². The van der Waals surface area contributed by atoms with Gasteiger partial charge in [0, 0.05) is 0 Å². The van der Waals surface area contributed by atoms with Crippen LogP contribution >= 0.6 is 0 Å². The van der Waals surface area contributed by atoms with Gasteiger partial charge in [-0.2, -0.15) is 10.1 Å². The molecule has 1 aromatic carbocycles. The highest BCUT2D eigenvalue weighted by molar-refractivity contribution is 6.06. The first-order chi connectivity index (χ1) is 13.1. The molecular formula is C21H20N2O4. The predicted octanol–water partition coefficient (Wildman–Crippen LogP) is 2.24. The van der Waals surface area contributed by atoms with E-state index in [-0.39, 0.29) is 42.1 Å². The van der Waals surface area contributed by atoms with E-state index in [9.17, 15) is 9.59 Å². The highest BCUT2D eigenvalue weighted by Crippen LogP contribution is 2.52. The second-order valence-electron chi connectivity index (χ2n) is 6.86. The lowest BCUT2D eigenvalue weighted by atomic mass is 9.85. The minimum atomic E-state index is -0.247. The van der Waals surface area contributed by atoms with Gasteiger partial charge >= 0.3 is 0 Å². The number of carbonyl (C=O) groups is 2. The van der Waals surface area contributed by atoms with Gasteiger partial charge in [-0.3, -0.25) is 9.59 Å². The summed E-state index contributed by atoms with van der Waals surface area (Å²) in [7, 11) is 0. The number of imide groups is 1. The SMILES string of the molecule is C#CCOc1ccc(C=NN2C(=O)C3C4C=CC(C4)C3C2=O)cc1OCC. The van der Waals surface area contributed by atoms with Crippen molar-refractivity contribution in [3.63, 3.8) is 0 Å². The summed E-state index contributed by atoms with van der Waals surface area (Å²) in [6, 6.07) is 5.25. The first kappa shape index (κ1) is 17.3. The molecule has 1 saturated heterocycles. The third-order valence-corrected chi connectivity index (χ3v) is 5.35. The summed E-state index contributed by atoms with van der Waals surface area (Å²) < 4.78 is 11.0. The molecule has 2 bridgehead atoms. The Hall–Kier alpha value is -3.07. The molecule has 2 amide bonds. The molecule has 27 heavy (non-hydrogen) atoms. The van der Waals surface area contributed by atoms with Crippen LogP contribution in [0, 0.1) is 36.0 Å². The van der Waals surface area contributed by atoms with Gasteiger partial charge in [-0.1, -0.05) is 18.1 Å². The van der Waals surface area contributed by atoms with Gasteiger partial charge in [-0.15, -0.1) is 6.42 Å². The van der Waals surface area contributed by atoms with Crippen molar-refractivity contribution in [2.45, 2.75) is 13.3 Å². The van der Waals surface area contributed by atoms with Gasteiger partial charge in [0.05, 0.1) is 24.7 Å². The van der Waals surface area contributed by atoms with E-state index in [0.29, 0.717) is 23.7 Å². The summed E-state index contributed by atoms with van der Waals surface area (Å²) in [6.45, 7) is 2.48. The summed E-state index contributed by atoms with van der Waals surface area (Å²) in [4.78, 5) is 25.3. The molecule has 1 heterocycles. The standard InChI is InChI=1S/C21H20N2O4/c1-3-9-27-16-8-5-13(10-17(16)26-4-2)12-22-23-20(24)18-14-6-7-15(11-14)19(18)21(23)25/h1,5-8,10,12,14-15,18-19H,4,9,11H2,2H3. The van der Waals surface area contributed by atoms with Crippen LogP contribution in [-0.2, 0) is 9.59 Å². The zero-order valence-electron chi connectivity index (χ0n) is 15.0. The average Bonchev–Trinajstić information content (AvgIpc) is 3.34. The van der Waals surface area contributed by atoms with E-state index in [1.165, 1.54) is 6.21 Å². The van der Waals surface area contributed by atoms with Crippen LogP contribution in [0.2, 0.25) is 0 Å². The molecule has 4 unspecified atom stereocenters. The minimum absolute atomic E-state index is 0.142. The molecule has 0 N–H and O–H groups in total. The molecular weight excluding hydrogens is 344 g/mol. The molecule has 6 nitrogen and oxygen atoms in total. The Balaban J connectivity index is 1.53. The van der Waals surface area contributed by atoms with Crippen molar-refractivity contribution in [2.24, 2.45) is 28.8 Å². The maximum absolute atomic E-state index is 12.6. The highest BCUT2D eigenvalue weighted by atomic mass is 16.5. The van der Waals surface area contributed by atoms with E-state index < -0.39 is 0 Å². The number of carbonyl (C=O) groups excluding carboxylic acids is 2. The van der Waals surface area contributed by atoms with Crippen molar-refractivity contribution in [1.29, 1.82) is 0 Å². The summed E-state index contributed by atoms with van der Waals surface area (Å²) in [5.74, 6) is 2.95. The largest absolute Gasteiger partial charge is 0.490 e. The van der Waals surface area contributed by atoms with Crippen molar-refractivity contribution in [1.82, 2.24) is 5.01 Å². The first-order valence-corrected chi connectivity index (χ1v) is 9.07. The second kappa shape index (κ2) is 6.92. The van der Waals surface area contributed by atoms with Crippen molar-refractivity contribution in [3.05, 3.63) is 35.9 Å². The maximum atomic E-state index is 12.6. The van der Waals surface area contributed by atoms with Gasteiger partial charge in [-0.25, -0.2) is 0 Å². The van der Waals surface area contributed by atoms with E-state index in [2.05, 4.69) is 23.2 Å². The van der Waals surface area contributed by atoms with Crippen LogP contribution in [0.25, 0.3) is 0 Å². The zero-order valence-corrected chi connectivity index (χ0v) is 15.0. The molecule has 1 aliphatic heterocycles. The molecule has 0 spiro atoms. The topological polar surface area (TPSA) is 68.2 Å². The lowest BCUT2D eigenvalue weighted by molar-refractivity contribution is -0.140. The molecule has 6 heteroatoms. The molecule has 2 fully saturated rings. The summed E-state index contributed by atoms with van der Waals surface area (Å²) in [5.41, 5.74) is 0.699. The van der Waals surface area contributed by atoms with Crippen LogP contribution in [0.1, 0.15) is 18.9 Å². The molecule has 0 radical (unpaired) electrons. The Labute approximate surface area is 157 Å². The Morgan fingerprint density at radius 1 is 1.19 bits per heavy atom. The maximum Gasteiger partial charge on any atom is 0.254 e. The van der Waals surface area contributed by atoms with E-state index in [1.54, 1.807) is 18.2 Å². The van der Waals surface area contributed by atoms with Crippen molar-refractivity contribution >= 4 is 18.0 Å². The molecule has 2 aliphatic carbocycles. The van der Waals surface area contributed by atoms with E-state index in [1.807, 2.05) is 6.92 Å². The van der Waals surface area contributed by atoms with Crippen LogP contribution in [0.15, 0.2) is 35.5 Å². The number of terminal acetylenes is 1. The van der Waals surface area contributed by atoms with Crippen molar-refractivity contribution in [3.8, 4) is 23.8 Å². The molecule has 4 rings (SSSR count). The lowest BCUT2D eigenvalue weighted by Gasteiger charge is -2.13. The van der Waals surface area contributed by atoms with Crippen LogP contribution in [0.5, 0.6) is 11.5 Å². The minimum Gasteiger partial charge on any atom is -0.490 e. The van der Waals surface area contributed by atoms with Crippen molar-refractivity contribution < 1.29 is 19.1 Å². The Bertz CT molecular complexity index is 853. The molecule has 138 valence electrons. The molecule has 1 saturated carbocycles. The van der Waals surface area contributed by atoms with Crippen LogP contribution in [-0.4, -0.2) is 36.3 Å². The third-order valence-electron chi connectivity index (χ3n) is 5.35. The number of hydrogen-bond donors (Lipinski definition) is 0. The molecule has 3 aliphatic rings. The number of rotatable bonds is 6. The smallest absolute Gasteiger partial charge is 0.254 e.